The minimum Gasteiger partial charge on any atom is -0.858 e. The van der Waals surface area contributed by atoms with Gasteiger partial charge in [-0.15, -0.1) is 0 Å². The molecule has 5 nitrogen and oxygen atoms in total. The van der Waals surface area contributed by atoms with Crippen molar-refractivity contribution in [2.45, 2.75) is 4.90 Å². The predicted octanol–water partition coefficient (Wildman–Crippen LogP) is 3.26. The van der Waals surface area contributed by atoms with E-state index < -0.39 is 49.8 Å². The number of aromatic hydroxyl groups is 1. The van der Waals surface area contributed by atoms with E-state index in [1.54, 1.807) is 51.2 Å². The molecule has 13 heteroatoms. The molecule has 1 N–H and O–H groups in total. The van der Waals surface area contributed by atoms with Crippen molar-refractivity contribution < 1.29 is 36.2 Å². The van der Waals surface area contributed by atoms with Crippen LogP contribution >= 0.6 is 67.8 Å². The number of halogens is 7. The zero-order chi connectivity index (χ0) is 20.0. The molecule has 2 aromatic carbocycles. The summed E-state index contributed by atoms with van der Waals surface area (Å²) in [6, 6.07) is 3.13. The number of rotatable bonds is 3. The molecule has 0 bridgehead atoms. The van der Waals surface area contributed by atoms with E-state index in [4.69, 9.17) is 5.11 Å². The first-order valence-corrected chi connectivity index (χ1v) is 10.8. The molecule has 0 unspecified atom stereocenters. The Bertz CT molecular complexity index is 1030. The average Bonchev–Trinajstić information content (AvgIpc) is 2.54. The van der Waals surface area contributed by atoms with Crippen LogP contribution in [0.3, 0.4) is 0 Å². The van der Waals surface area contributed by atoms with Gasteiger partial charge in [0.15, 0.2) is 22.3 Å². The molecule has 140 valence electrons. The van der Waals surface area contributed by atoms with Crippen LogP contribution in [0.4, 0.5) is 17.6 Å². The van der Waals surface area contributed by atoms with Gasteiger partial charge in [0.1, 0.15) is 0 Å². The van der Waals surface area contributed by atoms with Gasteiger partial charge in [-0.1, -0.05) is 0 Å². The maximum absolute atomic E-state index is 13.8. The molecule has 0 atom stereocenters. The molecule has 0 saturated heterocycles. The molecular weight excluding hydrogens is 723 g/mol. The van der Waals surface area contributed by atoms with E-state index in [0.717, 1.165) is 0 Å². The zero-order valence-electron chi connectivity index (χ0n) is 11.8. The molecule has 0 heterocycles. The van der Waals surface area contributed by atoms with E-state index in [1.165, 1.54) is 6.07 Å². The summed E-state index contributed by atoms with van der Waals surface area (Å²) in [5.41, 5.74) is -0.151. The lowest BCUT2D eigenvalue weighted by Gasteiger charge is -2.16. The molecule has 0 saturated carbocycles. The third-order valence-electron chi connectivity index (χ3n) is 2.92. The Hall–Kier alpha value is -0.430. The Morgan fingerprint density at radius 3 is 1.92 bits per heavy atom. The minimum atomic E-state index is -5.45. The van der Waals surface area contributed by atoms with E-state index in [2.05, 4.69) is 4.40 Å². The molecule has 0 aliphatic carbocycles. The molecule has 0 amide bonds. The molecular formula is C13H3F4I3NO4S-. The summed E-state index contributed by atoms with van der Waals surface area (Å²) in [6.07, 6.45) is 0. The molecule has 0 aliphatic rings. The first kappa shape index (κ1) is 21.9. The fourth-order valence-electron chi connectivity index (χ4n) is 1.75. The minimum absolute atomic E-state index is 0.151. The third kappa shape index (κ3) is 3.89. The van der Waals surface area contributed by atoms with Crippen molar-refractivity contribution in [3.63, 3.8) is 0 Å². The molecule has 0 aliphatic heterocycles. The quantitative estimate of drug-likeness (QED) is 0.173. The van der Waals surface area contributed by atoms with Crippen molar-refractivity contribution in [3.8, 4) is 5.75 Å². The number of phenols is 1. The van der Waals surface area contributed by atoms with Gasteiger partial charge in [0.25, 0.3) is 10.0 Å². The average molecular weight is 726 g/mol. The van der Waals surface area contributed by atoms with E-state index in [9.17, 15) is 31.1 Å². The van der Waals surface area contributed by atoms with E-state index >= 15 is 0 Å². The number of phenolic OH excluding ortho intramolecular Hbond substituents is 1. The second-order valence-corrected chi connectivity index (χ2v) is 9.47. The third-order valence-corrected chi connectivity index (χ3v) is 8.15. The van der Waals surface area contributed by atoms with Crippen molar-refractivity contribution in [1.29, 1.82) is 0 Å². The fourth-order valence-corrected chi connectivity index (χ4v) is 5.13. The van der Waals surface area contributed by atoms with Gasteiger partial charge >= 0.3 is 0 Å². The topological polar surface area (TPSA) is 89.8 Å². The van der Waals surface area contributed by atoms with Crippen LogP contribution < -0.4 is 5.11 Å². The summed E-state index contributed by atoms with van der Waals surface area (Å²) < 4.78 is 82.5. The SMILES string of the molecule is O=S(=O)(/N=C(\[O-])c1c(I)ccc(I)c1I)c1c(F)c(F)c(O)c(F)c1F. The summed E-state index contributed by atoms with van der Waals surface area (Å²) in [6.45, 7) is 0. The van der Waals surface area contributed by atoms with Crippen LogP contribution in [-0.4, -0.2) is 19.4 Å². The number of sulfonamides is 1. The Morgan fingerprint density at radius 1 is 0.962 bits per heavy atom. The van der Waals surface area contributed by atoms with Crippen LogP contribution in [0.1, 0.15) is 5.56 Å². The van der Waals surface area contributed by atoms with Gasteiger partial charge in [0, 0.05) is 22.2 Å². The van der Waals surface area contributed by atoms with Gasteiger partial charge < -0.3 is 10.2 Å². The van der Waals surface area contributed by atoms with E-state index in [1.807, 2.05) is 22.6 Å². The maximum atomic E-state index is 13.8. The smallest absolute Gasteiger partial charge is 0.287 e. The second kappa shape index (κ2) is 7.90. The lowest BCUT2D eigenvalue weighted by Crippen LogP contribution is -2.24. The van der Waals surface area contributed by atoms with Crippen molar-refractivity contribution in [2.24, 2.45) is 4.40 Å². The van der Waals surface area contributed by atoms with E-state index in [-0.39, 0.29) is 5.56 Å². The monoisotopic (exact) mass is 726 g/mol. The largest absolute Gasteiger partial charge is 0.858 e. The highest BCUT2D eigenvalue weighted by molar-refractivity contribution is 14.1. The molecule has 2 rings (SSSR count). The Kier molecular flexibility index (Phi) is 6.64. The summed E-state index contributed by atoms with van der Waals surface area (Å²) in [5.74, 6) is -12.8. The van der Waals surface area contributed by atoms with Crippen LogP contribution in [0, 0.1) is 34.0 Å². The fraction of sp³-hybridized carbons (Fsp3) is 0. The van der Waals surface area contributed by atoms with Crippen molar-refractivity contribution in [1.82, 2.24) is 0 Å². The van der Waals surface area contributed by atoms with Gasteiger partial charge in [-0.05, 0) is 79.9 Å². The van der Waals surface area contributed by atoms with Crippen molar-refractivity contribution in [3.05, 3.63) is 51.7 Å². The number of hydrogen-bond donors (Lipinski definition) is 1. The van der Waals surface area contributed by atoms with Gasteiger partial charge in [-0.3, -0.25) is 0 Å². The summed E-state index contributed by atoms with van der Waals surface area (Å²) >= 11 is 5.35. The van der Waals surface area contributed by atoms with E-state index in [0.29, 0.717) is 10.7 Å². The second-order valence-electron chi connectivity index (χ2n) is 4.52. The Labute approximate surface area is 185 Å². The molecule has 2 aromatic rings. The van der Waals surface area contributed by atoms with Gasteiger partial charge in [0.05, 0.1) is 0 Å². The van der Waals surface area contributed by atoms with Crippen molar-refractivity contribution in [2.75, 3.05) is 0 Å². The Balaban J connectivity index is 2.75. The van der Waals surface area contributed by atoms with Crippen LogP contribution in [0.5, 0.6) is 5.75 Å². The number of benzene rings is 2. The Morgan fingerprint density at radius 2 is 1.42 bits per heavy atom. The molecule has 0 aromatic heterocycles. The van der Waals surface area contributed by atoms with Crippen LogP contribution in [0.2, 0.25) is 0 Å². The van der Waals surface area contributed by atoms with Crippen LogP contribution in [-0.2, 0) is 10.0 Å². The first-order chi connectivity index (χ1) is 11.9. The van der Waals surface area contributed by atoms with Gasteiger partial charge in [0.2, 0.25) is 11.6 Å². The summed E-state index contributed by atoms with van der Waals surface area (Å²) in [5, 5.41) is 21.1. The molecule has 0 spiro atoms. The lowest BCUT2D eigenvalue weighted by molar-refractivity contribution is -0.212. The zero-order valence-corrected chi connectivity index (χ0v) is 19.1. The summed E-state index contributed by atoms with van der Waals surface area (Å²) in [7, 11) is -5.45. The standard InChI is InChI=1S/C13H4F4I3NO4S/c14-6-8(16)12(9(17)7(15)11(6)22)26(24,25)21-13(23)5-3(18)1-2-4(19)10(5)20/h1-2,22H,(H,21,23)/p-1. The molecule has 0 radical (unpaired) electrons. The lowest BCUT2D eigenvalue weighted by atomic mass is 10.2. The predicted molar refractivity (Wildman–Crippen MR) is 106 cm³/mol. The maximum Gasteiger partial charge on any atom is 0.287 e. The molecule has 26 heavy (non-hydrogen) atoms. The van der Waals surface area contributed by atoms with Gasteiger partial charge in [-0.25, -0.2) is 8.78 Å². The number of hydrogen-bond acceptors (Lipinski definition) is 4. The van der Waals surface area contributed by atoms with Crippen LogP contribution in [0.25, 0.3) is 0 Å². The van der Waals surface area contributed by atoms with Crippen LogP contribution in [0.15, 0.2) is 21.4 Å². The normalized spacial score (nSPS) is 12.5. The first-order valence-electron chi connectivity index (χ1n) is 6.10. The highest BCUT2D eigenvalue weighted by Gasteiger charge is 2.33. The highest BCUT2D eigenvalue weighted by Crippen LogP contribution is 2.33. The van der Waals surface area contributed by atoms with Gasteiger partial charge in [-0.2, -0.15) is 21.6 Å². The van der Waals surface area contributed by atoms with Crippen molar-refractivity contribution >= 4 is 83.7 Å². The molecule has 0 fully saturated rings. The highest BCUT2D eigenvalue weighted by atomic mass is 127. The summed E-state index contributed by atoms with van der Waals surface area (Å²) in [4.78, 5) is -2.10. The number of nitrogens with zero attached hydrogens (tertiary/aromatic N) is 1.